The van der Waals surface area contributed by atoms with Gasteiger partial charge in [0, 0.05) is 18.5 Å². The summed E-state index contributed by atoms with van der Waals surface area (Å²) in [5.74, 6) is -0.502. The molecule has 0 spiro atoms. The molecule has 8 heteroatoms. The molecule has 2 atom stereocenters. The smallest absolute Gasteiger partial charge is 0.408 e. The van der Waals surface area contributed by atoms with E-state index in [1.54, 1.807) is 37.8 Å². The summed E-state index contributed by atoms with van der Waals surface area (Å²) in [5.41, 5.74) is 1.87. The van der Waals surface area contributed by atoms with E-state index < -0.39 is 23.8 Å². The number of nitrogens with one attached hydrogen (secondary N) is 2. The third-order valence-corrected chi connectivity index (χ3v) is 6.22. The van der Waals surface area contributed by atoms with Gasteiger partial charge in [-0.1, -0.05) is 43.3 Å². The maximum absolute atomic E-state index is 14.3. The van der Waals surface area contributed by atoms with Crippen molar-refractivity contribution in [1.29, 1.82) is 0 Å². The molecule has 1 fully saturated rings. The lowest BCUT2D eigenvalue weighted by molar-refractivity contribution is -0.143. The Bertz CT molecular complexity index is 1100. The quantitative estimate of drug-likeness (QED) is 0.420. The van der Waals surface area contributed by atoms with Crippen molar-refractivity contribution in [3.05, 3.63) is 65.2 Å². The van der Waals surface area contributed by atoms with Gasteiger partial charge in [-0.15, -0.1) is 0 Å². The SMILES string of the molecule is CCc1ccc(C(C(=O)NC(C)C)N(C(=O)C(Cc2ccc(O)cc2)NC(=O)OC(C)(C)C)C2CC2)cc1. The van der Waals surface area contributed by atoms with Crippen LogP contribution in [0, 0.1) is 0 Å². The third-order valence-electron chi connectivity index (χ3n) is 6.22. The molecule has 3 amide bonds. The lowest BCUT2D eigenvalue weighted by Crippen LogP contribution is -2.55. The van der Waals surface area contributed by atoms with Gasteiger partial charge in [-0.05, 0) is 82.7 Å². The Kier molecular flexibility index (Phi) is 9.41. The molecule has 0 saturated heterocycles. The Balaban J connectivity index is 2.00. The van der Waals surface area contributed by atoms with Crippen LogP contribution in [0.15, 0.2) is 48.5 Å². The molecule has 3 rings (SSSR count). The van der Waals surface area contributed by atoms with E-state index in [4.69, 9.17) is 4.74 Å². The zero-order chi connectivity index (χ0) is 28.0. The lowest BCUT2D eigenvalue weighted by atomic mass is 9.98. The Morgan fingerprint density at radius 3 is 2.05 bits per heavy atom. The number of alkyl carbamates (subject to hydrolysis) is 1. The molecule has 38 heavy (non-hydrogen) atoms. The van der Waals surface area contributed by atoms with Gasteiger partial charge in [0.05, 0.1) is 0 Å². The zero-order valence-corrected chi connectivity index (χ0v) is 23.3. The van der Waals surface area contributed by atoms with Gasteiger partial charge in [0.1, 0.15) is 23.4 Å². The van der Waals surface area contributed by atoms with E-state index in [0.29, 0.717) is 0 Å². The first-order valence-corrected chi connectivity index (χ1v) is 13.4. The minimum absolute atomic E-state index is 0.108. The minimum Gasteiger partial charge on any atom is -0.508 e. The molecule has 0 aliphatic heterocycles. The van der Waals surface area contributed by atoms with Crippen LogP contribution in [0.3, 0.4) is 0 Å². The number of benzene rings is 2. The van der Waals surface area contributed by atoms with Gasteiger partial charge >= 0.3 is 6.09 Å². The van der Waals surface area contributed by atoms with Crippen LogP contribution < -0.4 is 10.6 Å². The average molecular weight is 524 g/mol. The summed E-state index contributed by atoms with van der Waals surface area (Å²) in [6.45, 7) is 11.1. The van der Waals surface area contributed by atoms with Crippen molar-refractivity contribution in [3.8, 4) is 5.75 Å². The molecular weight excluding hydrogens is 482 g/mol. The molecule has 2 aromatic carbocycles. The van der Waals surface area contributed by atoms with Crippen LogP contribution in [0.2, 0.25) is 0 Å². The first kappa shape index (κ1) is 29.0. The number of hydrogen-bond donors (Lipinski definition) is 3. The molecule has 2 unspecified atom stereocenters. The second-order valence-corrected chi connectivity index (χ2v) is 11.2. The first-order chi connectivity index (χ1) is 17.9. The second-order valence-electron chi connectivity index (χ2n) is 11.2. The molecular formula is C30H41N3O5. The fourth-order valence-corrected chi connectivity index (χ4v) is 4.31. The molecule has 3 N–H and O–H groups in total. The maximum Gasteiger partial charge on any atom is 0.408 e. The predicted octanol–water partition coefficient (Wildman–Crippen LogP) is 4.65. The number of carbonyl (C=O) groups is 3. The molecule has 2 aromatic rings. The summed E-state index contributed by atoms with van der Waals surface area (Å²) in [6, 6.07) is 12.2. The number of amides is 3. The van der Waals surface area contributed by atoms with Crippen molar-refractivity contribution in [3.63, 3.8) is 0 Å². The predicted molar refractivity (Wildman–Crippen MR) is 147 cm³/mol. The standard InChI is InChI=1S/C30H41N3O5/c1-7-20-8-12-22(13-9-20)26(27(35)31-19(2)3)33(23-14-15-23)28(36)25(32-29(37)38-30(4,5)6)18-21-10-16-24(34)17-11-21/h8-13,16-17,19,23,25-26,34H,7,14-15,18H2,1-6H3,(H,31,35)(H,32,37). The number of phenolic OH excluding ortho intramolecular Hbond substituents is 1. The monoisotopic (exact) mass is 523 g/mol. The molecule has 0 heterocycles. The number of rotatable bonds is 10. The van der Waals surface area contributed by atoms with Crippen molar-refractivity contribution >= 4 is 17.9 Å². The van der Waals surface area contributed by atoms with Gasteiger partial charge in [-0.25, -0.2) is 4.79 Å². The van der Waals surface area contributed by atoms with E-state index in [1.165, 1.54) is 12.1 Å². The minimum atomic E-state index is -0.973. The molecule has 0 radical (unpaired) electrons. The molecule has 0 aromatic heterocycles. The Labute approximate surface area is 225 Å². The molecule has 1 aliphatic carbocycles. The Morgan fingerprint density at radius 2 is 1.55 bits per heavy atom. The van der Waals surface area contributed by atoms with Gasteiger partial charge < -0.3 is 25.4 Å². The van der Waals surface area contributed by atoms with E-state index in [2.05, 4.69) is 17.6 Å². The summed E-state index contributed by atoms with van der Waals surface area (Å²) >= 11 is 0. The number of phenols is 1. The summed E-state index contributed by atoms with van der Waals surface area (Å²) in [7, 11) is 0. The fraction of sp³-hybridized carbons (Fsp3) is 0.500. The number of hydrogen-bond acceptors (Lipinski definition) is 5. The van der Waals surface area contributed by atoms with Crippen LogP contribution in [0.1, 0.15) is 77.1 Å². The van der Waals surface area contributed by atoms with Crippen LogP contribution in [0.25, 0.3) is 0 Å². The van der Waals surface area contributed by atoms with Gasteiger partial charge in [0.2, 0.25) is 11.8 Å². The van der Waals surface area contributed by atoms with Crippen LogP contribution in [0.4, 0.5) is 4.79 Å². The first-order valence-electron chi connectivity index (χ1n) is 13.4. The second kappa shape index (κ2) is 12.3. The van der Waals surface area contributed by atoms with Crippen molar-refractivity contribution in [2.75, 3.05) is 0 Å². The van der Waals surface area contributed by atoms with Crippen LogP contribution in [-0.4, -0.2) is 51.6 Å². The fourth-order valence-electron chi connectivity index (χ4n) is 4.31. The molecule has 0 bridgehead atoms. The van der Waals surface area contributed by atoms with E-state index >= 15 is 0 Å². The Hall–Kier alpha value is -3.55. The highest BCUT2D eigenvalue weighted by Crippen LogP contribution is 2.36. The molecule has 1 saturated carbocycles. The van der Waals surface area contributed by atoms with Crippen molar-refractivity contribution < 1.29 is 24.2 Å². The highest BCUT2D eigenvalue weighted by atomic mass is 16.6. The Morgan fingerprint density at radius 1 is 0.974 bits per heavy atom. The highest BCUT2D eigenvalue weighted by Gasteiger charge is 2.44. The topological polar surface area (TPSA) is 108 Å². The largest absolute Gasteiger partial charge is 0.508 e. The van der Waals surface area contributed by atoms with Gasteiger partial charge in [-0.2, -0.15) is 0 Å². The van der Waals surface area contributed by atoms with E-state index in [-0.39, 0.29) is 36.1 Å². The number of nitrogens with zero attached hydrogens (tertiary/aromatic N) is 1. The van der Waals surface area contributed by atoms with Gasteiger partial charge in [0.15, 0.2) is 0 Å². The lowest BCUT2D eigenvalue weighted by Gasteiger charge is -2.35. The van der Waals surface area contributed by atoms with Crippen LogP contribution in [0.5, 0.6) is 5.75 Å². The van der Waals surface area contributed by atoms with Crippen LogP contribution in [-0.2, 0) is 27.2 Å². The summed E-state index contributed by atoms with van der Waals surface area (Å²) < 4.78 is 5.46. The average Bonchev–Trinajstić information content (AvgIpc) is 3.66. The normalized spacial score (nSPS) is 14.9. The number of carbonyl (C=O) groups excluding carboxylic acids is 3. The van der Waals surface area contributed by atoms with E-state index in [1.807, 2.05) is 38.1 Å². The summed E-state index contributed by atoms with van der Waals surface area (Å²) in [6.07, 6.45) is 1.89. The molecule has 206 valence electrons. The highest BCUT2D eigenvalue weighted by molar-refractivity contribution is 5.92. The summed E-state index contributed by atoms with van der Waals surface area (Å²) in [4.78, 5) is 42.3. The zero-order valence-electron chi connectivity index (χ0n) is 23.3. The third kappa shape index (κ3) is 8.23. The number of aromatic hydroxyl groups is 1. The van der Waals surface area contributed by atoms with Crippen molar-refractivity contribution in [1.82, 2.24) is 15.5 Å². The van der Waals surface area contributed by atoms with Crippen LogP contribution >= 0.6 is 0 Å². The van der Waals surface area contributed by atoms with E-state index in [9.17, 15) is 19.5 Å². The van der Waals surface area contributed by atoms with E-state index in [0.717, 1.165) is 36.0 Å². The number of aryl methyl sites for hydroxylation is 1. The maximum atomic E-state index is 14.3. The number of ether oxygens (including phenoxy) is 1. The summed E-state index contributed by atoms with van der Waals surface area (Å²) in [5, 5.41) is 15.4. The van der Waals surface area contributed by atoms with Crippen molar-refractivity contribution in [2.24, 2.45) is 0 Å². The molecule has 1 aliphatic rings. The van der Waals surface area contributed by atoms with Gasteiger partial charge in [-0.3, -0.25) is 9.59 Å². The molecule has 8 nitrogen and oxygen atoms in total. The van der Waals surface area contributed by atoms with Gasteiger partial charge in [0.25, 0.3) is 0 Å². The van der Waals surface area contributed by atoms with Crippen molar-refractivity contribution in [2.45, 2.75) is 97.0 Å².